The van der Waals surface area contributed by atoms with Crippen molar-refractivity contribution in [2.24, 2.45) is 5.92 Å². The molecule has 0 saturated heterocycles. The maximum absolute atomic E-state index is 11.9. The lowest BCUT2D eigenvalue weighted by Gasteiger charge is -2.09. The predicted octanol–water partition coefficient (Wildman–Crippen LogP) is 2.78. The molecule has 0 unspecified atom stereocenters. The highest BCUT2D eigenvalue weighted by molar-refractivity contribution is 7.08. The van der Waals surface area contributed by atoms with Gasteiger partial charge in [0.2, 0.25) is 11.8 Å². The van der Waals surface area contributed by atoms with Crippen LogP contribution in [0.3, 0.4) is 0 Å². The zero-order valence-corrected chi connectivity index (χ0v) is 15.7. The Morgan fingerprint density at radius 2 is 1.77 bits per heavy atom. The molecule has 0 radical (unpaired) electrons. The molecule has 138 valence electrons. The summed E-state index contributed by atoms with van der Waals surface area (Å²) in [4.78, 5) is 35.2. The van der Waals surface area contributed by atoms with Gasteiger partial charge in [0.05, 0.1) is 0 Å². The smallest absolute Gasteiger partial charge is 0.252 e. The molecule has 3 amide bonds. The number of benzene rings is 1. The van der Waals surface area contributed by atoms with Crippen LogP contribution in [0.2, 0.25) is 0 Å². The summed E-state index contributed by atoms with van der Waals surface area (Å²) >= 11 is 1.46. The first-order valence-electron chi connectivity index (χ1n) is 8.42. The maximum atomic E-state index is 11.9. The lowest BCUT2D eigenvalue weighted by molar-refractivity contribution is -0.121. The average Bonchev–Trinajstić information content (AvgIpc) is 3.15. The van der Waals surface area contributed by atoms with Gasteiger partial charge < -0.3 is 16.0 Å². The molecule has 6 nitrogen and oxygen atoms in total. The SMILES string of the molecule is CC(C)C(=O)Nc1ccc(CNC(=O)CCNC(=O)c2ccsc2)cc1. The Morgan fingerprint density at radius 3 is 2.38 bits per heavy atom. The van der Waals surface area contributed by atoms with Crippen LogP contribution in [0.25, 0.3) is 0 Å². The number of carbonyl (C=O) groups is 3. The molecule has 0 atom stereocenters. The van der Waals surface area contributed by atoms with E-state index in [0.717, 1.165) is 11.3 Å². The van der Waals surface area contributed by atoms with E-state index in [2.05, 4.69) is 16.0 Å². The minimum absolute atomic E-state index is 0.0319. The van der Waals surface area contributed by atoms with E-state index in [9.17, 15) is 14.4 Å². The summed E-state index contributed by atoms with van der Waals surface area (Å²) in [5, 5.41) is 11.9. The van der Waals surface area contributed by atoms with E-state index >= 15 is 0 Å². The second-order valence-corrected chi connectivity index (χ2v) is 6.92. The quantitative estimate of drug-likeness (QED) is 0.665. The van der Waals surface area contributed by atoms with Crippen molar-refractivity contribution in [1.29, 1.82) is 0 Å². The third-order valence-electron chi connectivity index (χ3n) is 3.66. The number of hydrogen-bond donors (Lipinski definition) is 3. The molecule has 7 heteroatoms. The summed E-state index contributed by atoms with van der Waals surface area (Å²) in [6, 6.07) is 9.07. The Hall–Kier alpha value is -2.67. The van der Waals surface area contributed by atoms with Crippen molar-refractivity contribution in [3.63, 3.8) is 0 Å². The molecule has 0 bridgehead atoms. The maximum Gasteiger partial charge on any atom is 0.252 e. The van der Waals surface area contributed by atoms with Gasteiger partial charge in [0.15, 0.2) is 0 Å². The van der Waals surface area contributed by atoms with Crippen molar-refractivity contribution in [3.8, 4) is 0 Å². The summed E-state index contributed by atoms with van der Waals surface area (Å²) in [6.07, 6.45) is 0.221. The van der Waals surface area contributed by atoms with Crippen molar-refractivity contribution < 1.29 is 14.4 Å². The van der Waals surface area contributed by atoms with Gasteiger partial charge in [0, 0.05) is 42.1 Å². The van der Waals surface area contributed by atoms with Crippen LogP contribution in [0.15, 0.2) is 41.1 Å². The second kappa shape index (κ2) is 9.72. The van der Waals surface area contributed by atoms with Gasteiger partial charge in [-0.2, -0.15) is 11.3 Å². The van der Waals surface area contributed by atoms with Crippen molar-refractivity contribution in [2.75, 3.05) is 11.9 Å². The molecule has 0 aliphatic rings. The summed E-state index contributed by atoms with van der Waals surface area (Å²) < 4.78 is 0. The molecule has 26 heavy (non-hydrogen) atoms. The molecular formula is C19H23N3O3S. The van der Waals surface area contributed by atoms with Crippen molar-refractivity contribution in [3.05, 3.63) is 52.2 Å². The van der Waals surface area contributed by atoms with Crippen LogP contribution in [0.5, 0.6) is 0 Å². The number of rotatable bonds is 8. The first-order chi connectivity index (χ1) is 12.5. The highest BCUT2D eigenvalue weighted by atomic mass is 32.1. The number of hydrogen-bond acceptors (Lipinski definition) is 4. The summed E-state index contributed by atoms with van der Waals surface area (Å²) in [7, 11) is 0. The summed E-state index contributed by atoms with van der Waals surface area (Å²) in [5.41, 5.74) is 2.28. The van der Waals surface area contributed by atoms with Crippen molar-refractivity contribution in [2.45, 2.75) is 26.8 Å². The normalized spacial score (nSPS) is 10.4. The van der Waals surface area contributed by atoms with Crippen LogP contribution in [-0.2, 0) is 16.1 Å². The first-order valence-corrected chi connectivity index (χ1v) is 9.37. The molecule has 0 aliphatic carbocycles. The highest BCUT2D eigenvalue weighted by Gasteiger charge is 2.08. The number of anilines is 1. The van der Waals surface area contributed by atoms with Crippen LogP contribution in [0.1, 0.15) is 36.2 Å². The largest absolute Gasteiger partial charge is 0.352 e. The molecule has 1 heterocycles. The van der Waals surface area contributed by atoms with Crippen molar-refractivity contribution in [1.82, 2.24) is 10.6 Å². The first kappa shape index (κ1) is 19.7. The van der Waals surface area contributed by atoms with Gasteiger partial charge >= 0.3 is 0 Å². The number of thiophene rings is 1. The zero-order chi connectivity index (χ0) is 18.9. The number of nitrogens with one attached hydrogen (secondary N) is 3. The molecule has 3 N–H and O–H groups in total. The molecule has 2 aromatic rings. The Balaban J connectivity index is 1.68. The Morgan fingerprint density at radius 1 is 1.04 bits per heavy atom. The van der Waals surface area contributed by atoms with E-state index in [4.69, 9.17) is 0 Å². The van der Waals surface area contributed by atoms with E-state index in [0.29, 0.717) is 18.7 Å². The molecule has 0 aliphatic heterocycles. The van der Waals surface area contributed by atoms with Crippen LogP contribution in [-0.4, -0.2) is 24.3 Å². The Bertz CT molecular complexity index is 740. The predicted molar refractivity (Wildman–Crippen MR) is 103 cm³/mol. The zero-order valence-electron chi connectivity index (χ0n) is 14.9. The minimum Gasteiger partial charge on any atom is -0.352 e. The molecule has 1 aromatic carbocycles. The number of carbonyl (C=O) groups excluding carboxylic acids is 3. The second-order valence-electron chi connectivity index (χ2n) is 6.14. The fourth-order valence-corrected chi connectivity index (χ4v) is 2.70. The van der Waals surface area contributed by atoms with E-state index in [1.807, 2.05) is 43.5 Å². The molecular weight excluding hydrogens is 350 g/mol. The molecule has 0 spiro atoms. The molecule has 0 saturated carbocycles. The highest BCUT2D eigenvalue weighted by Crippen LogP contribution is 2.11. The van der Waals surface area contributed by atoms with Gasteiger partial charge in [0.25, 0.3) is 5.91 Å². The van der Waals surface area contributed by atoms with E-state index in [1.165, 1.54) is 11.3 Å². The summed E-state index contributed by atoms with van der Waals surface area (Å²) in [5.74, 6) is -0.407. The van der Waals surface area contributed by atoms with Crippen LogP contribution >= 0.6 is 11.3 Å². The number of amides is 3. The van der Waals surface area contributed by atoms with E-state index in [-0.39, 0.29) is 30.1 Å². The topological polar surface area (TPSA) is 87.3 Å². The minimum atomic E-state index is -0.168. The monoisotopic (exact) mass is 373 g/mol. The third-order valence-corrected chi connectivity index (χ3v) is 4.34. The van der Waals surface area contributed by atoms with Crippen LogP contribution in [0.4, 0.5) is 5.69 Å². The standard InChI is InChI=1S/C19H23N3O3S/c1-13(2)18(24)22-16-5-3-14(4-6-16)11-21-17(23)7-9-20-19(25)15-8-10-26-12-15/h3-6,8,10,12-13H,7,9,11H2,1-2H3,(H,20,25)(H,21,23)(H,22,24). The van der Waals surface area contributed by atoms with Gasteiger partial charge in [0.1, 0.15) is 0 Å². The third kappa shape index (κ3) is 6.33. The van der Waals surface area contributed by atoms with Gasteiger partial charge in [-0.25, -0.2) is 0 Å². The van der Waals surface area contributed by atoms with Gasteiger partial charge in [-0.3, -0.25) is 14.4 Å². The Kier molecular flexibility index (Phi) is 7.35. The van der Waals surface area contributed by atoms with Crippen LogP contribution in [0, 0.1) is 5.92 Å². The molecule has 2 rings (SSSR count). The van der Waals surface area contributed by atoms with E-state index < -0.39 is 0 Å². The van der Waals surface area contributed by atoms with Crippen molar-refractivity contribution >= 4 is 34.7 Å². The van der Waals surface area contributed by atoms with Gasteiger partial charge in [-0.15, -0.1) is 0 Å². The average molecular weight is 373 g/mol. The van der Waals surface area contributed by atoms with Gasteiger partial charge in [-0.1, -0.05) is 26.0 Å². The lowest BCUT2D eigenvalue weighted by atomic mass is 10.1. The fraction of sp³-hybridized carbons (Fsp3) is 0.316. The molecule has 0 fully saturated rings. The molecule has 1 aromatic heterocycles. The van der Waals surface area contributed by atoms with Gasteiger partial charge in [-0.05, 0) is 29.1 Å². The van der Waals surface area contributed by atoms with Crippen LogP contribution < -0.4 is 16.0 Å². The Labute approximate surface area is 157 Å². The lowest BCUT2D eigenvalue weighted by Crippen LogP contribution is -2.30. The van der Waals surface area contributed by atoms with E-state index in [1.54, 1.807) is 11.4 Å². The fourth-order valence-electron chi connectivity index (χ4n) is 2.07. The summed E-state index contributed by atoms with van der Waals surface area (Å²) in [6.45, 7) is 4.36.